The molecule has 0 saturated heterocycles. The lowest BCUT2D eigenvalue weighted by atomic mass is 10.2. The van der Waals surface area contributed by atoms with E-state index < -0.39 is 18.6 Å². The normalized spacial score (nSPS) is 11.1. The van der Waals surface area contributed by atoms with Crippen LogP contribution in [0.3, 0.4) is 0 Å². The predicted octanol–water partition coefficient (Wildman–Crippen LogP) is 2.26. The van der Waals surface area contributed by atoms with Gasteiger partial charge in [0.2, 0.25) is 0 Å². The number of alkyl halides is 3. The number of aromatic amines is 1. The maximum Gasteiger partial charge on any atom is 0.405 e. The number of aryl methyl sites for hydroxylation is 1. The summed E-state index contributed by atoms with van der Waals surface area (Å²) in [4.78, 5) is 23.5. The van der Waals surface area contributed by atoms with Crippen LogP contribution in [0.1, 0.15) is 26.4 Å². The number of nitrogens with one attached hydrogen (secondary N) is 3. The summed E-state index contributed by atoms with van der Waals surface area (Å²) in [7, 11) is 0. The number of aromatic nitrogens is 2. The zero-order chi connectivity index (χ0) is 17.0. The number of nitrogens with zero attached hydrogens (tertiary/aromatic N) is 1. The Morgan fingerprint density at radius 1 is 1.17 bits per heavy atom. The van der Waals surface area contributed by atoms with E-state index in [9.17, 15) is 22.8 Å². The van der Waals surface area contributed by atoms with Gasteiger partial charge in [-0.25, -0.2) is 0 Å². The Morgan fingerprint density at radius 3 is 2.35 bits per heavy atom. The first-order valence-corrected chi connectivity index (χ1v) is 6.52. The predicted molar refractivity (Wildman–Crippen MR) is 76.1 cm³/mol. The highest BCUT2D eigenvalue weighted by Crippen LogP contribution is 2.14. The van der Waals surface area contributed by atoms with Gasteiger partial charge in [-0.05, 0) is 31.2 Å². The quantitative estimate of drug-likeness (QED) is 0.805. The molecule has 122 valence electrons. The molecule has 9 heteroatoms. The minimum atomic E-state index is -4.47. The molecular weight excluding hydrogens is 313 g/mol. The van der Waals surface area contributed by atoms with Crippen molar-refractivity contribution in [1.82, 2.24) is 15.5 Å². The molecule has 0 aliphatic heterocycles. The number of halogens is 3. The lowest BCUT2D eigenvalue weighted by molar-refractivity contribution is -0.123. The second kappa shape index (κ2) is 6.51. The molecule has 2 amide bonds. The molecule has 1 aromatic heterocycles. The van der Waals surface area contributed by atoms with Crippen molar-refractivity contribution in [2.75, 3.05) is 11.9 Å². The van der Waals surface area contributed by atoms with Crippen LogP contribution in [0.15, 0.2) is 30.5 Å². The van der Waals surface area contributed by atoms with Crippen LogP contribution in [0.5, 0.6) is 0 Å². The number of rotatable bonds is 4. The van der Waals surface area contributed by atoms with E-state index in [-0.39, 0.29) is 11.5 Å². The second-order valence-electron chi connectivity index (χ2n) is 4.74. The Kier molecular flexibility index (Phi) is 4.68. The van der Waals surface area contributed by atoms with Gasteiger partial charge in [-0.2, -0.15) is 18.3 Å². The Morgan fingerprint density at radius 2 is 1.83 bits per heavy atom. The monoisotopic (exact) mass is 326 g/mol. The highest BCUT2D eigenvalue weighted by molar-refractivity contribution is 6.05. The summed E-state index contributed by atoms with van der Waals surface area (Å²) in [6.07, 6.45) is -3.09. The average Bonchev–Trinajstić information content (AvgIpc) is 2.91. The molecule has 0 unspecified atom stereocenters. The lowest BCUT2D eigenvalue weighted by Gasteiger charge is -2.09. The Hall–Kier alpha value is -2.84. The van der Waals surface area contributed by atoms with Crippen molar-refractivity contribution in [2.45, 2.75) is 13.1 Å². The van der Waals surface area contributed by atoms with Crippen molar-refractivity contribution < 1.29 is 22.8 Å². The SMILES string of the molecule is Cc1[nH]ncc1C(=O)Nc1ccc(C(=O)NCC(F)(F)F)cc1. The number of hydrogen-bond donors (Lipinski definition) is 3. The van der Waals surface area contributed by atoms with E-state index in [1.807, 2.05) is 0 Å². The first-order chi connectivity index (χ1) is 10.8. The Bertz CT molecular complexity index is 708. The molecule has 23 heavy (non-hydrogen) atoms. The number of amides is 2. The molecule has 2 rings (SSSR count). The van der Waals surface area contributed by atoms with E-state index in [4.69, 9.17) is 0 Å². The largest absolute Gasteiger partial charge is 0.405 e. The number of hydrogen-bond acceptors (Lipinski definition) is 3. The molecule has 0 atom stereocenters. The third-order valence-electron chi connectivity index (χ3n) is 2.93. The molecule has 6 nitrogen and oxygen atoms in total. The van der Waals surface area contributed by atoms with Crippen LogP contribution in [-0.2, 0) is 0 Å². The van der Waals surface area contributed by atoms with Gasteiger partial charge in [0, 0.05) is 16.9 Å². The van der Waals surface area contributed by atoms with Crippen molar-refractivity contribution >= 4 is 17.5 Å². The van der Waals surface area contributed by atoms with Gasteiger partial charge in [0.15, 0.2) is 0 Å². The summed E-state index contributed by atoms with van der Waals surface area (Å²) in [6, 6.07) is 5.50. The molecule has 2 aromatic rings. The smallest absolute Gasteiger partial charge is 0.343 e. The fourth-order valence-corrected chi connectivity index (χ4v) is 1.77. The van der Waals surface area contributed by atoms with Crippen molar-refractivity contribution in [3.05, 3.63) is 47.3 Å². The van der Waals surface area contributed by atoms with E-state index in [1.54, 1.807) is 12.2 Å². The first-order valence-electron chi connectivity index (χ1n) is 6.52. The maximum atomic E-state index is 12.0. The van der Waals surface area contributed by atoms with Gasteiger partial charge >= 0.3 is 6.18 Å². The van der Waals surface area contributed by atoms with Crippen LogP contribution in [0.4, 0.5) is 18.9 Å². The molecule has 0 saturated carbocycles. The Balaban J connectivity index is 1.98. The van der Waals surface area contributed by atoms with Crippen LogP contribution < -0.4 is 10.6 Å². The van der Waals surface area contributed by atoms with E-state index in [1.165, 1.54) is 30.5 Å². The molecule has 0 bridgehead atoms. The first kappa shape index (κ1) is 16.5. The van der Waals surface area contributed by atoms with Gasteiger partial charge < -0.3 is 10.6 Å². The third-order valence-corrected chi connectivity index (χ3v) is 2.93. The third kappa shape index (κ3) is 4.56. The molecule has 0 aliphatic rings. The number of H-pyrrole nitrogens is 1. The van der Waals surface area contributed by atoms with Gasteiger partial charge in [-0.3, -0.25) is 14.7 Å². The zero-order valence-electron chi connectivity index (χ0n) is 12.0. The maximum absolute atomic E-state index is 12.0. The van der Waals surface area contributed by atoms with Crippen molar-refractivity contribution in [3.63, 3.8) is 0 Å². The van der Waals surface area contributed by atoms with Crippen LogP contribution in [0, 0.1) is 6.92 Å². The summed E-state index contributed by atoms with van der Waals surface area (Å²) >= 11 is 0. The molecule has 0 fully saturated rings. The summed E-state index contributed by atoms with van der Waals surface area (Å²) in [5.74, 6) is -1.23. The molecular formula is C14H13F3N4O2. The number of carbonyl (C=O) groups is 2. The summed E-state index contributed by atoms with van der Waals surface area (Å²) in [6.45, 7) is 0.292. The van der Waals surface area contributed by atoms with Crippen LogP contribution in [0.25, 0.3) is 0 Å². The number of benzene rings is 1. The average molecular weight is 326 g/mol. The van der Waals surface area contributed by atoms with Crippen molar-refractivity contribution in [3.8, 4) is 0 Å². The van der Waals surface area contributed by atoms with Gasteiger partial charge in [0.1, 0.15) is 6.54 Å². The van der Waals surface area contributed by atoms with Crippen LogP contribution in [-0.4, -0.2) is 34.7 Å². The van der Waals surface area contributed by atoms with Crippen LogP contribution in [0.2, 0.25) is 0 Å². The van der Waals surface area contributed by atoms with Gasteiger partial charge in [0.05, 0.1) is 11.8 Å². The summed E-state index contributed by atoms with van der Waals surface area (Å²) in [5.41, 5.74) is 1.44. The van der Waals surface area contributed by atoms with E-state index in [2.05, 4.69) is 15.5 Å². The van der Waals surface area contributed by atoms with E-state index in [0.717, 1.165) is 0 Å². The number of anilines is 1. The highest BCUT2D eigenvalue weighted by atomic mass is 19.4. The van der Waals surface area contributed by atoms with Crippen LogP contribution >= 0.6 is 0 Å². The van der Waals surface area contributed by atoms with E-state index in [0.29, 0.717) is 16.9 Å². The summed E-state index contributed by atoms with van der Waals surface area (Å²) in [5, 5.41) is 10.7. The van der Waals surface area contributed by atoms with Crippen molar-refractivity contribution in [2.24, 2.45) is 0 Å². The Labute approximate surface area is 129 Å². The molecule has 3 N–H and O–H groups in total. The minimum absolute atomic E-state index is 0.0618. The van der Waals surface area contributed by atoms with E-state index >= 15 is 0 Å². The topological polar surface area (TPSA) is 86.9 Å². The fraction of sp³-hybridized carbons (Fsp3) is 0.214. The highest BCUT2D eigenvalue weighted by Gasteiger charge is 2.27. The van der Waals surface area contributed by atoms with Gasteiger partial charge in [-0.1, -0.05) is 0 Å². The standard InChI is InChI=1S/C14H13F3N4O2/c1-8-11(6-19-21-8)13(23)20-10-4-2-9(3-5-10)12(22)18-7-14(15,16)17/h2-6H,7H2,1H3,(H,18,22)(H,19,21)(H,20,23). The van der Waals surface area contributed by atoms with Gasteiger partial charge in [0.25, 0.3) is 11.8 Å². The zero-order valence-corrected chi connectivity index (χ0v) is 12.0. The fourth-order valence-electron chi connectivity index (χ4n) is 1.77. The molecule has 1 heterocycles. The van der Waals surface area contributed by atoms with Gasteiger partial charge in [-0.15, -0.1) is 0 Å². The molecule has 1 aromatic carbocycles. The lowest BCUT2D eigenvalue weighted by Crippen LogP contribution is -2.33. The minimum Gasteiger partial charge on any atom is -0.343 e. The molecule has 0 spiro atoms. The molecule has 0 radical (unpaired) electrons. The number of carbonyl (C=O) groups excluding carboxylic acids is 2. The molecule has 0 aliphatic carbocycles. The second-order valence-corrected chi connectivity index (χ2v) is 4.74. The van der Waals surface area contributed by atoms with Crippen molar-refractivity contribution in [1.29, 1.82) is 0 Å². The summed E-state index contributed by atoms with van der Waals surface area (Å²) < 4.78 is 36.1.